The van der Waals surface area contributed by atoms with Crippen LogP contribution in [0, 0.1) is 11.3 Å². The van der Waals surface area contributed by atoms with Gasteiger partial charge in [0.1, 0.15) is 6.33 Å². The maximum absolute atomic E-state index is 12.5. The lowest BCUT2D eigenvalue weighted by molar-refractivity contribution is 0.588. The molecular formula is C14H9N3O2S. The molecule has 0 aliphatic carbocycles. The molecule has 0 saturated carbocycles. The number of nitrogens with zero attached hydrogens (tertiary/aromatic N) is 3. The van der Waals surface area contributed by atoms with Crippen molar-refractivity contribution in [2.24, 2.45) is 0 Å². The smallest absolute Gasteiger partial charge is 0.236 e. The highest BCUT2D eigenvalue weighted by Crippen LogP contribution is 2.20. The minimum Gasteiger partial charge on any atom is -0.236 e. The van der Waals surface area contributed by atoms with Gasteiger partial charge in [-0.1, -0.05) is 12.1 Å². The molecule has 0 N–H and O–H groups in total. The van der Waals surface area contributed by atoms with Crippen LogP contribution >= 0.6 is 0 Å². The van der Waals surface area contributed by atoms with Crippen LogP contribution < -0.4 is 0 Å². The molecule has 0 atom stereocenters. The lowest BCUT2D eigenvalue weighted by Gasteiger charge is -2.06. The van der Waals surface area contributed by atoms with E-state index < -0.39 is 10.0 Å². The highest BCUT2D eigenvalue weighted by Gasteiger charge is 2.19. The van der Waals surface area contributed by atoms with Gasteiger partial charge in [-0.05, 0) is 36.4 Å². The van der Waals surface area contributed by atoms with Crippen molar-refractivity contribution >= 4 is 21.1 Å². The second kappa shape index (κ2) is 4.47. The Morgan fingerprint density at radius 2 is 1.75 bits per heavy atom. The third kappa shape index (κ3) is 1.85. The lowest BCUT2D eigenvalue weighted by atomic mass is 10.2. The number of benzene rings is 2. The van der Waals surface area contributed by atoms with Gasteiger partial charge in [0.25, 0.3) is 10.0 Å². The molecule has 3 aromatic rings. The summed E-state index contributed by atoms with van der Waals surface area (Å²) >= 11 is 0. The third-order valence-electron chi connectivity index (χ3n) is 2.96. The van der Waals surface area contributed by atoms with Crippen molar-refractivity contribution in [2.45, 2.75) is 4.90 Å². The molecule has 5 nitrogen and oxygen atoms in total. The fourth-order valence-corrected chi connectivity index (χ4v) is 3.23. The number of aromatic nitrogens is 2. The molecular weight excluding hydrogens is 274 g/mol. The predicted molar refractivity (Wildman–Crippen MR) is 73.5 cm³/mol. The van der Waals surface area contributed by atoms with E-state index in [9.17, 15) is 8.42 Å². The van der Waals surface area contributed by atoms with Crippen LogP contribution in [0.25, 0.3) is 11.0 Å². The first-order valence-corrected chi connectivity index (χ1v) is 7.25. The van der Waals surface area contributed by atoms with Gasteiger partial charge in [0.2, 0.25) is 0 Å². The highest BCUT2D eigenvalue weighted by molar-refractivity contribution is 7.90. The fraction of sp³-hybridized carbons (Fsp3) is 0. The van der Waals surface area contributed by atoms with Crippen molar-refractivity contribution in [3.8, 4) is 6.07 Å². The van der Waals surface area contributed by atoms with Gasteiger partial charge < -0.3 is 0 Å². The zero-order chi connectivity index (χ0) is 14.2. The number of rotatable bonds is 2. The van der Waals surface area contributed by atoms with Gasteiger partial charge in [0.15, 0.2) is 0 Å². The van der Waals surface area contributed by atoms with Crippen LogP contribution in [0.1, 0.15) is 5.56 Å². The van der Waals surface area contributed by atoms with E-state index in [1.54, 1.807) is 24.3 Å². The SMILES string of the molecule is N#Cc1ccc(S(=O)(=O)n2cnc3ccccc32)cc1. The molecule has 0 spiro atoms. The van der Waals surface area contributed by atoms with Crippen LogP contribution in [0.3, 0.4) is 0 Å². The monoisotopic (exact) mass is 283 g/mol. The Hall–Kier alpha value is -2.65. The Morgan fingerprint density at radius 3 is 2.45 bits per heavy atom. The van der Waals surface area contributed by atoms with Gasteiger partial charge in [-0.3, -0.25) is 0 Å². The Morgan fingerprint density at radius 1 is 1.05 bits per heavy atom. The summed E-state index contributed by atoms with van der Waals surface area (Å²) in [5.74, 6) is 0. The second-order valence-corrected chi connectivity index (χ2v) is 5.99. The average molecular weight is 283 g/mol. The largest absolute Gasteiger partial charge is 0.269 e. The van der Waals surface area contributed by atoms with Crippen LogP contribution in [0.2, 0.25) is 0 Å². The molecule has 0 amide bonds. The summed E-state index contributed by atoms with van der Waals surface area (Å²) in [6.07, 6.45) is 1.29. The minimum absolute atomic E-state index is 0.125. The van der Waals surface area contributed by atoms with E-state index in [1.807, 2.05) is 6.07 Å². The van der Waals surface area contributed by atoms with Crippen molar-refractivity contribution in [1.82, 2.24) is 8.96 Å². The van der Waals surface area contributed by atoms with Gasteiger partial charge in [-0.25, -0.2) is 17.4 Å². The normalized spacial score (nSPS) is 11.3. The summed E-state index contributed by atoms with van der Waals surface area (Å²) in [6, 6.07) is 14.8. The van der Waals surface area contributed by atoms with Gasteiger partial charge in [-0.2, -0.15) is 5.26 Å². The second-order valence-electron chi connectivity index (χ2n) is 4.17. The molecule has 3 rings (SSSR count). The molecule has 0 fully saturated rings. The van der Waals surface area contributed by atoms with E-state index >= 15 is 0 Å². The van der Waals surface area contributed by atoms with Crippen LogP contribution in [0.5, 0.6) is 0 Å². The number of imidazole rings is 1. The molecule has 1 heterocycles. The number of hydrogen-bond acceptors (Lipinski definition) is 4. The van der Waals surface area contributed by atoms with E-state index in [-0.39, 0.29) is 4.90 Å². The zero-order valence-corrected chi connectivity index (χ0v) is 11.1. The number of nitriles is 1. The summed E-state index contributed by atoms with van der Waals surface area (Å²) in [7, 11) is -3.70. The van der Waals surface area contributed by atoms with Crippen LogP contribution in [0.4, 0.5) is 0 Å². The molecule has 0 aliphatic heterocycles. The van der Waals surface area contributed by atoms with Gasteiger partial charge in [-0.15, -0.1) is 0 Å². The highest BCUT2D eigenvalue weighted by atomic mass is 32.2. The number of para-hydroxylation sites is 2. The summed E-state index contributed by atoms with van der Waals surface area (Å²) < 4.78 is 26.2. The van der Waals surface area contributed by atoms with E-state index in [4.69, 9.17) is 5.26 Å². The molecule has 20 heavy (non-hydrogen) atoms. The molecule has 1 aromatic heterocycles. The minimum atomic E-state index is -3.70. The Labute approximate surface area is 115 Å². The first-order valence-electron chi connectivity index (χ1n) is 5.81. The van der Waals surface area contributed by atoms with Crippen molar-refractivity contribution in [3.63, 3.8) is 0 Å². The van der Waals surface area contributed by atoms with Gasteiger partial charge >= 0.3 is 0 Å². The molecule has 2 aromatic carbocycles. The van der Waals surface area contributed by atoms with E-state index in [0.29, 0.717) is 16.6 Å². The van der Waals surface area contributed by atoms with Crippen LogP contribution in [-0.2, 0) is 10.0 Å². The summed E-state index contributed by atoms with van der Waals surface area (Å²) in [5, 5.41) is 8.74. The van der Waals surface area contributed by atoms with E-state index in [0.717, 1.165) is 3.97 Å². The Balaban J connectivity index is 2.18. The summed E-state index contributed by atoms with van der Waals surface area (Å²) in [6.45, 7) is 0. The topological polar surface area (TPSA) is 75.8 Å². The van der Waals surface area contributed by atoms with Gasteiger partial charge in [0.05, 0.1) is 27.6 Å². The number of fused-ring (bicyclic) bond motifs is 1. The maximum Gasteiger partial charge on any atom is 0.269 e. The summed E-state index contributed by atoms with van der Waals surface area (Å²) in [5.41, 5.74) is 1.56. The zero-order valence-electron chi connectivity index (χ0n) is 10.3. The molecule has 0 radical (unpaired) electrons. The number of hydrogen-bond donors (Lipinski definition) is 0. The average Bonchev–Trinajstić information content (AvgIpc) is 2.92. The van der Waals surface area contributed by atoms with Gasteiger partial charge in [0, 0.05) is 0 Å². The van der Waals surface area contributed by atoms with Crippen molar-refractivity contribution < 1.29 is 8.42 Å². The first-order chi connectivity index (χ1) is 9.63. The van der Waals surface area contributed by atoms with E-state index in [1.165, 1.54) is 30.6 Å². The molecule has 0 unspecified atom stereocenters. The van der Waals surface area contributed by atoms with Crippen molar-refractivity contribution in [2.75, 3.05) is 0 Å². The lowest BCUT2D eigenvalue weighted by Crippen LogP contribution is -2.11. The fourth-order valence-electron chi connectivity index (χ4n) is 1.94. The molecule has 0 aliphatic rings. The quantitative estimate of drug-likeness (QED) is 0.722. The predicted octanol–water partition coefficient (Wildman–Crippen LogP) is 2.14. The van der Waals surface area contributed by atoms with E-state index in [2.05, 4.69) is 4.98 Å². The first kappa shape index (κ1) is 12.4. The third-order valence-corrected chi connectivity index (χ3v) is 4.64. The van der Waals surface area contributed by atoms with Crippen LogP contribution in [0.15, 0.2) is 59.8 Å². The molecule has 98 valence electrons. The van der Waals surface area contributed by atoms with Crippen LogP contribution in [-0.4, -0.2) is 17.4 Å². The van der Waals surface area contributed by atoms with Crippen molar-refractivity contribution in [3.05, 3.63) is 60.4 Å². The van der Waals surface area contributed by atoms with Crippen molar-refractivity contribution in [1.29, 1.82) is 5.26 Å². The summed E-state index contributed by atoms with van der Waals surface area (Å²) in [4.78, 5) is 4.20. The maximum atomic E-state index is 12.5. The Bertz CT molecular complexity index is 919. The Kier molecular flexibility index (Phi) is 2.77. The molecule has 0 bridgehead atoms. The molecule has 0 saturated heterocycles. The standard InChI is InChI=1S/C14H9N3O2S/c15-9-11-5-7-12(8-6-11)20(18,19)17-10-16-13-3-1-2-4-14(13)17/h1-8,10H. The molecule has 6 heteroatoms.